The van der Waals surface area contributed by atoms with Crippen molar-refractivity contribution in [1.29, 1.82) is 0 Å². The molecule has 0 aromatic carbocycles. The summed E-state index contributed by atoms with van der Waals surface area (Å²) in [5, 5.41) is 2.30. The molecule has 1 N–H and O–H groups in total. The van der Waals surface area contributed by atoms with Crippen LogP contribution in [0.1, 0.15) is 27.7 Å². The quantitative estimate of drug-likeness (QED) is 0.745. The van der Waals surface area contributed by atoms with Crippen molar-refractivity contribution in [2.45, 2.75) is 33.3 Å². The minimum Gasteiger partial charge on any atom is -0.444 e. The highest BCUT2D eigenvalue weighted by atomic mass is 32.1. The number of amides is 3. The third-order valence-corrected chi connectivity index (χ3v) is 1.99. The van der Waals surface area contributed by atoms with Gasteiger partial charge in [-0.1, -0.05) is 0 Å². The predicted molar refractivity (Wildman–Crippen MR) is 70.5 cm³/mol. The number of carbonyl (C=O) groups is 3. The second kappa shape index (κ2) is 7.25. The molecule has 0 bridgehead atoms. The van der Waals surface area contributed by atoms with Crippen LogP contribution in [-0.2, 0) is 14.3 Å². The fraction of sp³-hybridized carbons (Fsp3) is 0.727. The molecular weight excluding hydrogens is 256 g/mol. The highest BCUT2D eigenvalue weighted by molar-refractivity contribution is 7.80. The summed E-state index contributed by atoms with van der Waals surface area (Å²) in [4.78, 5) is 35.2. The second-order valence-corrected chi connectivity index (χ2v) is 5.09. The van der Waals surface area contributed by atoms with Crippen LogP contribution in [0.2, 0.25) is 0 Å². The molecule has 0 aromatic rings. The van der Waals surface area contributed by atoms with Crippen LogP contribution in [0.15, 0.2) is 0 Å². The fourth-order valence-electron chi connectivity index (χ4n) is 1.12. The van der Waals surface area contributed by atoms with E-state index in [1.807, 2.05) is 0 Å². The van der Waals surface area contributed by atoms with Gasteiger partial charge in [0.1, 0.15) is 12.1 Å². The minimum absolute atomic E-state index is 0.216. The summed E-state index contributed by atoms with van der Waals surface area (Å²) in [6.07, 6.45) is -0.690. The van der Waals surface area contributed by atoms with Crippen LogP contribution in [-0.4, -0.2) is 47.3 Å². The zero-order valence-electron chi connectivity index (χ0n) is 11.1. The molecular formula is C11H20N2O4S. The van der Waals surface area contributed by atoms with Crippen molar-refractivity contribution in [3.05, 3.63) is 0 Å². The molecule has 0 rings (SSSR count). The van der Waals surface area contributed by atoms with Crippen molar-refractivity contribution >= 4 is 30.5 Å². The van der Waals surface area contributed by atoms with Crippen LogP contribution in [0.3, 0.4) is 0 Å². The molecule has 0 spiro atoms. The summed E-state index contributed by atoms with van der Waals surface area (Å²) in [7, 11) is 0. The monoisotopic (exact) mass is 276 g/mol. The number of hydrogen-bond donors (Lipinski definition) is 2. The van der Waals surface area contributed by atoms with E-state index >= 15 is 0 Å². The van der Waals surface area contributed by atoms with Crippen LogP contribution in [0.5, 0.6) is 0 Å². The maximum Gasteiger partial charge on any atom is 0.408 e. The third kappa shape index (κ3) is 7.16. The Kier molecular flexibility index (Phi) is 6.75. The lowest BCUT2D eigenvalue weighted by atomic mass is 10.2. The van der Waals surface area contributed by atoms with Gasteiger partial charge in [-0.15, -0.1) is 0 Å². The van der Waals surface area contributed by atoms with Crippen molar-refractivity contribution in [3.63, 3.8) is 0 Å². The Bertz CT molecular complexity index is 325. The van der Waals surface area contributed by atoms with Crippen molar-refractivity contribution in [2.24, 2.45) is 0 Å². The number of alkyl carbamates (subject to hydrolysis) is 1. The summed E-state index contributed by atoms with van der Waals surface area (Å²) >= 11 is 3.96. The van der Waals surface area contributed by atoms with Gasteiger partial charge in [0.05, 0.1) is 0 Å². The van der Waals surface area contributed by atoms with E-state index < -0.39 is 17.6 Å². The molecule has 7 heteroatoms. The van der Waals surface area contributed by atoms with Crippen LogP contribution in [0, 0.1) is 0 Å². The highest BCUT2D eigenvalue weighted by Gasteiger charge is 2.20. The maximum atomic E-state index is 11.6. The molecule has 104 valence electrons. The molecule has 6 nitrogen and oxygen atoms in total. The number of ether oxygens (including phenoxy) is 1. The first-order valence-corrected chi connectivity index (χ1v) is 6.19. The topological polar surface area (TPSA) is 75.7 Å². The largest absolute Gasteiger partial charge is 0.444 e. The van der Waals surface area contributed by atoms with E-state index in [1.54, 1.807) is 20.8 Å². The standard InChI is InChI=1S/C11H20N2O4S/c1-8(14)13(5-6-18)9(15)7-12-10(16)17-11(2,3)4/h18H,5-7H2,1-4H3,(H,12,16). The van der Waals surface area contributed by atoms with Crippen molar-refractivity contribution in [1.82, 2.24) is 10.2 Å². The van der Waals surface area contributed by atoms with E-state index in [0.29, 0.717) is 5.75 Å². The van der Waals surface area contributed by atoms with E-state index in [0.717, 1.165) is 4.90 Å². The number of imide groups is 1. The number of nitrogens with one attached hydrogen (secondary N) is 1. The van der Waals surface area contributed by atoms with Crippen molar-refractivity contribution in [3.8, 4) is 0 Å². The molecule has 0 radical (unpaired) electrons. The summed E-state index contributed by atoms with van der Waals surface area (Å²) < 4.78 is 4.97. The molecule has 0 saturated heterocycles. The molecule has 18 heavy (non-hydrogen) atoms. The Morgan fingerprint density at radius 2 is 1.83 bits per heavy atom. The van der Waals surface area contributed by atoms with Gasteiger partial charge in [-0.25, -0.2) is 4.79 Å². The Morgan fingerprint density at radius 1 is 1.28 bits per heavy atom. The zero-order valence-corrected chi connectivity index (χ0v) is 12.0. The van der Waals surface area contributed by atoms with Gasteiger partial charge in [-0.2, -0.15) is 12.6 Å². The normalized spacial score (nSPS) is 10.7. The Hall–Kier alpha value is -1.24. The van der Waals surface area contributed by atoms with Crippen LogP contribution < -0.4 is 5.32 Å². The van der Waals surface area contributed by atoms with E-state index in [-0.39, 0.29) is 19.0 Å². The van der Waals surface area contributed by atoms with E-state index in [1.165, 1.54) is 6.92 Å². The van der Waals surface area contributed by atoms with Gasteiger partial charge in [0.2, 0.25) is 11.8 Å². The molecule has 0 aliphatic carbocycles. The first-order chi connectivity index (χ1) is 8.17. The molecule has 0 heterocycles. The number of rotatable bonds is 4. The Morgan fingerprint density at radius 3 is 2.22 bits per heavy atom. The first kappa shape index (κ1) is 16.8. The van der Waals surface area contributed by atoms with Gasteiger partial charge in [-0.3, -0.25) is 14.5 Å². The third-order valence-electron chi connectivity index (χ3n) is 1.79. The Balaban J connectivity index is 4.23. The minimum atomic E-state index is -0.690. The molecule has 0 aromatic heterocycles. The lowest BCUT2D eigenvalue weighted by Crippen LogP contribution is -2.44. The van der Waals surface area contributed by atoms with Gasteiger partial charge in [0, 0.05) is 19.2 Å². The van der Waals surface area contributed by atoms with Crippen molar-refractivity contribution < 1.29 is 19.1 Å². The number of carbonyl (C=O) groups excluding carboxylic acids is 3. The lowest BCUT2D eigenvalue weighted by molar-refractivity contribution is -0.142. The molecule has 0 aliphatic rings. The molecule has 0 aliphatic heterocycles. The van der Waals surface area contributed by atoms with E-state index in [2.05, 4.69) is 17.9 Å². The predicted octanol–water partition coefficient (Wildman–Crippen LogP) is 0.816. The zero-order chi connectivity index (χ0) is 14.3. The number of hydrogen-bond acceptors (Lipinski definition) is 5. The van der Waals surface area contributed by atoms with E-state index in [4.69, 9.17) is 4.74 Å². The van der Waals surface area contributed by atoms with Crippen LogP contribution in [0.25, 0.3) is 0 Å². The van der Waals surface area contributed by atoms with Gasteiger partial charge >= 0.3 is 6.09 Å². The summed E-state index contributed by atoms with van der Waals surface area (Å²) in [6, 6.07) is 0. The van der Waals surface area contributed by atoms with Crippen LogP contribution >= 0.6 is 12.6 Å². The van der Waals surface area contributed by atoms with Crippen LogP contribution in [0.4, 0.5) is 4.79 Å². The second-order valence-electron chi connectivity index (χ2n) is 4.64. The smallest absolute Gasteiger partial charge is 0.408 e. The maximum absolute atomic E-state index is 11.6. The number of thiol groups is 1. The highest BCUT2D eigenvalue weighted by Crippen LogP contribution is 2.06. The number of nitrogens with zero attached hydrogens (tertiary/aromatic N) is 1. The molecule has 0 saturated carbocycles. The first-order valence-electron chi connectivity index (χ1n) is 5.56. The lowest BCUT2D eigenvalue weighted by Gasteiger charge is -2.21. The summed E-state index contributed by atoms with van der Waals surface area (Å²) in [5.74, 6) is -0.486. The van der Waals surface area contributed by atoms with Gasteiger partial charge in [-0.05, 0) is 20.8 Å². The average Bonchev–Trinajstić information content (AvgIpc) is 2.19. The molecule has 0 fully saturated rings. The Labute approximate surface area is 112 Å². The average molecular weight is 276 g/mol. The molecule has 0 unspecified atom stereocenters. The van der Waals surface area contributed by atoms with Crippen molar-refractivity contribution in [2.75, 3.05) is 18.8 Å². The SMILES string of the molecule is CC(=O)N(CCS)C(=O)CNC(=O)OC(C)(C)C. The fourth-order valence-corrected chi connectivity index (χ4v) is 1.32. The van der Waals surface area contributed by atoms with Gasteiger partial charge in [0.25, 0.3) is 0 Å². The van der Waals surface area contributed by atoms with Gasteiger partial charge < -0.3 is 10.1 Å². The molecule has 3 amide bonds. The summed E-state index contributed by atoms with van der Waals surface area (Å²) in [6.45, 7) is 6.38. The molecule has 0 atom stereocenters. The van der Waals surface area contributed by atoms with E-state index in [9.17, 15) is 14.4 Å². The summed E-state index contributed by atoms with van der Waals surface area (Å²) in [5.41, 5.74) is -0.626. The van der Waals surface area contributed by atoms with Gasteiger partial charge in [0.15, 0.2) is 0 Å².